The van der Waals surface area contributed by atoms with E-state index in [1.54, 1.807) is 7.05 Å². The van der Waals surface area contributed by atoms with Crippen LogP contribution >= 0.6 is 24.0 Å². The first-order valence-electron chi connectivity index (χ1n) is 8.43. The minimum Gasteiger partial charge on any atom is -0.356 e. The highest BCUT2D eigenvalue weighted by atomic mass is 127. The lowest BCUT2D eigenvalue weighted by Gasteiger charge is -2.12. The van der Waals surface area contributed by atoms with Crippen molar-refractivity contribution < 1.29 is 4.79 Å². The van der Waals surface area contributed by atoms with Gasteiger partial charge in [-0.1, -0.05) is 42.0 Å². The first kappa shape index (κ1) is 22.0. The second-order valence-electron chi connectivity index (χ2n) is 5.97. The number of aliphatic imine (C=N–C) groups is 1. The molecule has 0 bridgehead atoms. The van der Waals surface area contributed by atoms with Crippen LogP contribution in [0.4, 0.5) is 5.69 Å². The third-order valence-electron chi connectivity index (χ3n) is 3.75. The van der Waals surface area contributed by atoms with Crippen molar-refractivity contribution in [1.29, 1.82) is 0 Å². The summed E-state index contributed by atoms with van der Waals surface area (Å²) >= 11 is 0. The molecule has 0 saturated heterocycles. The maximum absolute atomic E-state index is 11.0. The zero-order valence-electron chi connectivity index (χ0n) is 15.5. The van der Waals surface area contributed by atoms with Gasteiger partial charge in [-0.25, -0.2) is 0 Å². The predicted octanol–water partition coefficient (Wildman–Crippen LogP) is 3.48. The van der Waals surface area contributed by atoms with Gasteiger partial charge in [0.15, 0.2) is 5.96 Å². The molecule has 0 saturated carbocycles. The van der Waals surface area contributed by atoms with Crippen LogP contribution in [0, 0.1) is 6.92 Å². The van der Waals surface area contributed by atoms with E-state index in [-0.39, 0.29) is 29.9 Å². The summed E-state index contributed by atoms with van der Waals surface area (Å²) in [4.78, 5) is 15.3. The molecule has 26 heavy (non-hydrogen) atoms. The fourth-order valence-corrected chi connectivity index (χ4v) is 2.51. The molecule has 0 atom stereocenters. The summed E-state index contributed by atoms with van der Waals surface area (Å²) in [7, 11) is 1.77. The summed E-state index contributed by atoms with van der Waals surface area (Å²) in [6, 6.07) is 16.3. The quantitative estimate of drug-likeness (QED) is 0.347. The van der Waals surface area contributed by atoms with Gasteiger partial charge in [-0.05, 0) is 36.6 Å². The second-order valence-corrected chi connectivity index (χ2v) is 5.97. The smallest absolute Gasteiger partial charge is 0.221 e. The highest BCUT2D eigenvalue weighted by Crippen LogP contribution is 2.09. The zero-order chi connectivity index (χ0) is 18.1. The average Bonchev–Trinajstić information content (AvgIpc) is 2.59. The molecule has 0 fully saturated rings. The number of benzene rings is 2. The maximum atomic E-state index is 11.0. The van der Waals surface area contributed by atoms with Crippen LogP contribution < -0.4 is 16.0 Å². The molecule has 0 aliphatic heterocycles. The van der Waals surface area contributed by atoms with Gasteiger partial charge in [-0.3, -0.25) is 9.79 Å². The van der Waals surface area contributed by atoms with Crippen molar-refractivity contribution in [2.45, 2.75) is 26.8 Å². The van der Waals surface area contributed by atoms with E-state index in [9.17, 15) is 4.79 Å². The topological polar surface area (TPSA) is 65.5 Å². The second kappa shape index (κ2) is 11.5. The van der Waals surface area contributed by atoms with Crippen LogP contribution in [0.15, 0.2) is 53.5 Å². The molecule has 2 aromatic rings. The van der Waals surface area contributed by atoms with E-state index in [0.29, 0.717) is 0 Å². The van der Waals surface area contributed by atoms with Crippen molar-refractivity contribution in [2.24, 2.45) is 4.99 Å². The maximum Gasteiger partial charge on any atom is 0.221 e. The molecule has 0 spiro atoms. The Morgan fingerprint density at radius 3 is 2.38 bits per heavy atom. The number of hydrogen-bond acceptors (Lipinski definition) is 2. The van der Waals surface area contributed by atoms with Gasteiger partial charge < -0.3 is 16.0 Å². The zero-order valence-corrected chi connectivity index (χ0v) is 17.8. The van der Waals surface area contributed by atoms with E-state index in [0.717, 1.165) is 31.2 Å². The molecule has 0 aliphatic rings. The summed E-state index contributed by atoms with van der Waals surface area (Å²) in [6.07, 6.45) is 0.880. The molecular formula is C20H27IN4O. The van der Waals surface area contributed by atoms with E-state index in [1.807, 2.05) is 24.3 Å². The molecule has 0 aliphatic carbocycles. The lowest BCUT2D eigenvalue weighted by atomic mass is 10.1. The standard InChI is InChI=1S/C20H26N4O.HI/c1-15-5-4-6-18(13-15)14-23-20(21-3)22-12-11-17-7-9-19(10-8-17)24-16(2)25;/h4-10,13H,11-12,14H2,1-3H3,(H,24,25)(H2,21,22,23);1H. The molecule has 0 unspecified atom stereocenters. The highest BCUT2D eigenvalue weighted by Gasteiger charge is 2.00. The van der Waals surface area contributed by atoms with Crippen molar-refractivity contribution >= 4 is 41.5 Å². The van der Waals surface area contributed by atoms with Crippen LogP contribution in [0.5, 0.6) is 0 Å². The van der Waals surface area contributed by atoms with E-state index in [2.05, 4.69) is 52.1 Å². The van der Waals surface area contributed by atoms with E-state index >= 15 is 0 Å². The van der Waals surface area contributed by atoms with Gasteiger partial charge in [0.25, 0.3) is 0 Å². The Hall–Kier alpha value is -2.09. The number of anilines is 1. The van der Waals surface area contributed by atoms with Gasteiger partial charge in [0.05, 0.1) is 0 Å². The van der Waals surface area contributed by atoms with Crippen molar-refractivity contribution in [2.75, 3.05) is 18.9 Å². The number of amides is 1. The third kappa shape index (κ3) is 7.86. The Labute approximate surface area is 172 Å². The number of rotatable bonds is 6. The van der Waals surface area contributed by atoms with Crippen LogP contribution in [-0.4, -0.2) is 25.5 Å². The molecule has 2 rings (SSSR count). The number of nitrogens with one attached hydrogen (secondary N) is 3. The van der Waals surface area contributed by atoms with E-state index < -0.39 is 0 Å². The third-order valence-corrected chi connectivity index (χ3v) is 3.75. The fraction of sp³-hybridized carbons (Fsp3) is 0.300. The number of aryl methyl sites for hydroxylation is 1. The molecule has 1 amide bonds. The van der Waals surface area contributed by atoms with Gasteiger partial charge in [0.1, 0.15) is 0 Å². The van der Waals surface area contributed by atoms with E-state index in [1.165, 1.54) is 23.6 Å². The van der Waals surface area contributed by atoms with Crippen LogP contribution in [0.2, 0.25) is 0 Å². The molecule has 0 heterocycles. The summed E-state index contributed by atoms with van der Waals surface area (Å²) in [5, 5.41) is 9.41. The minimum absolute atomic E-state index is 0. The molecule has 5 nitrogen and oxygen atoms in total. The summed E-state index contributed by atoms with van der Waals surface area (Å²) < 4.78 is 0. The van der Waals surface area contributed by atoms with Gasteiger partial charge in [-0.15, -0.1) is 24.0 Å². The Morgan fingerprint density at radius 1 is 1.04 bits per heavy atom. The van der Waals surface area contributed by atoms with Crippen molar-refractivity contribution in [3.63, 3.8) is 0 Å². The number of carbonyl (C=O) groups is 1. The molecule has 6 heteroatoms. The summed E-state index contributed by atoms with van der Waals surface area (Å²) in [5.74, 6) is 0.731. The number of guanidine groups is 1. The van der Waals surface area contributed by atoms with Crippen molar-refractivity contribution in [3.05, 3.63) is 65.2 Å². The van der Waals surface area contributed by atoms with Crippen LogP contribution in [0.3, 0.4) is 0 Å². The lowest BCUT2D eigenvalue weighted by Crippen LogP contribution is -2.37. The first-order valence-corrected chi connectivity index (χ1v) is 8.43. The average molecular weight is 466 g/mol. The lowest BCUT2D eigenvalue weighted by molar-refractivity contribution is -0.114. The number of nitrogens with zero attached hydrogens (tertiary/aromatic N) is 1. The Bertz CT molecular complexity index is 729. The largest absolute Gasteiger partial charge is 0.356 e. The summed E-state index contributed by atoms with van der Waals surface area (Å²) in [6.45, 7) is 5.13. The molecule has 140 valence electrons. The molecule has 2 aromatic carbocycles. The van der Waals surface area contributed by atoms with Gasteiger partial charge in [0.2, 0.25) is 5.91 Å². The van der Waals surface area contributed by atoms with Gasteiger partial charge >= 0.3 is 0 Å². The van der Waals surface area contributed by atoms with Crippen LogP contribution in [0.1, 0.15) is 23.6 Å². The molecular weight excluding hydrogens is 439 g/mol. The first-order chi connectivity index (χ1) is 12.1. The normalized spacial score (nSPS) is 10.7. The van der Waals surface area contributed by atoms with Crippen LogP contribution in [0.25, 0.3) is 0 Å². The monoisotopic (exact) mass is 466 g/mol. The Balaban J connectivity index is 0.00000338. The van der Waals surface area contributed by atoms with E-state index in [4.69, 9.17) is 0 Å². The number of carbonyl (C=O) groups excluding carboxylic acids is 1. The van der Waals surface area contributed by atoms with Crippen LogP contribution in [-0.2, 0) is 17.8 Å². The van der Waals surface area contributed by atoms with Crippen molar-refractivity contribution in [3.8, 4) is 0 Å². The minimum atomic E-state index is -0.0575. The molecule has 0 radical (unpaired) electrons. The number of halogens is 1. The molecule has 3 N–H and O–H groups in total. The Morgan fingerprint density at radius 2 is 1.77 bits per heavy atom. The SMILES string of the molecule is CN=C(NCCc1ccc(NC(C)=O)cc1)NCc1cccc(C)c1.I. The highest BCUT2D eigenvalue weighted by molar-refractivity contribution is 14.0. The van der Waals surface area contributed by atoms with Crippen molar-refractivity contribution in [1.82, 2.24) is 10.6 Å². The Kier molecular flexibility index (Phi) is 9.72. The fourth-order valence-electron chi connectivity index (χ4n) is 2.51. The van der Waals surface area contributed by atoms with Gasteiger partial charge in [-0.2, -0.15) is 0 Å². The number of hydrogen-bond donors (Lipinski definition) is 3. The molecule has 0 aromatic heterocycles. The summed E-state index contributed by atoms with van der Waals surface area (Å²) in [5.41, 5.74) is 4.51. The van der Waals surface area contributed by atoms with Gasteiger partial charge in [0, 0.05) is 32.7 Å². The predicted molar refractivity (Wildman–Crippen MR) is 119 cm³/mol.